The molecule has 0 saturated heterocycles. The third-order valence-corrected chi connectivity index (χ3v) is 7.19. The third-order valence-electron chi connectivity index (χ3n) is 4.77. The highest BCUT2D eigenvalue weighted by molar-refractivity contribution is 9.10. The molecule has 30 heavy (non-hydrogen) atoms. The average Bonchev–Trinajstić information content (AvgIpc) is 2.66. The molecule has 0 aromatic heterocycles. The van der Waals surface area contributed by atoms with Gasteiger partial charge in [-0.15, -0.1) is 0 Å². The van der Waals surface area contributed by atoms with E-state index in [1.54, 1.807) is 0 Å². The number of benzene rings is 2. The van der Waals surface area contributed by atoms with Gasteiger partial charge in [0, 0.05) is 11.7 Å². The van der Waals surface area contributed by atoms with Gasteiger partial charge in [0.25, 0.3) is 5.91 Å². The van der Waals surface area contributed by atoms with Crippen molar-refractivity contribution in [1.29, 1.82) is 0 Å². The molecule has 1 amide bonds. The fourth-order valence-corrected chi connectivity index (χ4v) is 5.20. The molecule has 1 aliphatic carbocycles. The molecule has 2 unspecified atom stereocenters. The standard InChI is InChI=1S/C19H18BrClF2N2O4S/c20-12-7-10(5-6-14(12)22)24-19(27)11-8-18(15(23)9-13(11)21)30(28,29)25-16-3-1-2-4-17(16)26/h5-9,16-17,25-26H,1-4H2,(H,24,27). The maximum atomic E-state index is 14.4. The fraction of sp³-hybridized carbons (Fsp3) is 0.316. The smallest absolute Gasteiger partial charge is 0.257 e. The van der Waals surface area contributed by atoms with Crippen molar-refractivity contribution >= 4 is 49.1 Å². The van der Waals surface area contributed by atoms with Crippen LogP contribution in [0.1, 0.15) is 36.0 Å². The number of sulfonamides is 1. The molecule has 162 valence electrons. The Kier molecular flexibility index (Phi) is 7.13. The van der Waals surface area contributed by atoms with Gasteiger partial charge in [-0.05, 0) is 59.1 Å². The molecule has 0 bridgehead atoms. The summed E-state index contributed by atoms with van der Waals surface area (Å²) in [5.41, 5.74) is -0.0513. The number of aliphatic hydroxyl groups excluding tert-OH is 1. The van der Waals surface area contributed by atoms with Crippen molar-refractivity contribution in [1.82, 2.24) is 4.72 Å². The summed E-state index contributed by atoms with van der Waals surface area (Å²) < 4.78 is 55.6. The van der Waals surface area contributed by atoms with Gasteiger partial charge in [0.1, 0.15) is 16.5 Å². The van der Waals surface area contributed by atoms with Crippen molar-refractivity contribution in [3.63, 3.8) is 0 Å². The van der Waals surface area contributed by atoms with Crippen LogP contribution in [-0.4, -0.2) is 31.6 Å². The van der Waals surface area contributed by atoms with Crippen LogP contribution in [-0.2, 0) is 10.0 Å². The lowest BCUT2D eigenvalue weighted by Gasteiger charge is -2.28. The number of aliphatic hydroxyl groups is 1. The van der Waals surface area contributed by atoms with Gasteiger partial charge in [-0.3, -0.25) is 4.79 Å². The van der Waals surface area contributed by atoms with E-state index in [9.17, 15) is 27.1 Å². The zero-order valence-electron chi connectivity index (χ0n) is 15.5. The largest absolute Gasteiger partial charge is 0.391 e. The Hall–Kier alpha value is -1.59. The Morgan fingerprint density at radius 3 is 2.50 bits per heavy atom. The molecule has 0 heterocycles. The van der Waals surface area contributed by atoms with Crippen LogP contribution in [0, 0.1) is 11.6 Å². The predicted octanol–water partition coefficient (Wildman–Crippen LogP) is 4.21. The van der Waals surface area contributed by atoms with Crippen molar-refractivity contribution < 1.29 is 27.1 Å². The highest BCUT2D eigenvalue weighted by Crippen LogP contribution is 2.27. The lowest BCUT2D eigenvalue weighted by Crippen LogP contribution is -2.45. The molecule has 0 spiro atoms. The summed E-state index contributed by atoms with van der Waals surface area (Å²) in [6, 6.07) is 4.58. The second kappa shape index (κ2) is 9.27. The Bertz CT molecular complexity index is 1080. The summed E-state index contributed by atoms with van der Waals surface area (Å²) >= 11 is 8.95. The van der Waals surface area contributed by atoms with Gasteiger partial charge >= 0.3 is 0 Å². The second-order valence-electron chi connectivity index (χ2n) is 6.93. The van der Waals surface area contributed by atoms with Crippen LogP contribution in [0.5, 0.6) is 0 Å². The minimum Gasteiger partial charge on any atom is -0.391 e. The van der Waals surface area contributed by atoms with Gasteiger partial charge in [0.2, 0.25) is 10.0 Å². The summed E-state index contributed by atoms with van der Waals surface area (Å²) in [6.07, 6.45) is 1.50. The van der Waals surface area contributed by atoms with E-state index in [0.29, 0.717) is 12.8 Å². The lowest BCUT2D eigenvalue weighted by atomic mass is 9.93. The van der Waals surface area contributed by atoms with E-state index in [0.717, 1.165) is 31.0 Å². The Labute approximate surface area is 185 Å². The Balaban J connectivity index is 1.89. The number of hydrogen-bond donors (Lipinski definition) is 3. The molecule has 1 fully saturated rings. The monoisotopic (exact) mass is 522 g/mol. The van der Waals surface area contributed by atoms with E-state index in [1.165, 1.54) is 12.1 Å². The van der Waals surface area contributed by atoms with Gasteiger partial charge in [-0.25, -0.2) is 21.9 Å². The second-order valence-corrected chi connectivity index (χ2v) is 9.87. The normalized spacial score (nSPS) is 19.5. The highest BCUT2D eigenvalue weighted by atomic mass is 79.9. The van der Waals surface area contributed by atoms with Gasteiger partial charge in [0.15, 0.2) is 0 Å². The summed E-state index contributed by atoms with van der Waals surface area (Å²) in [5, 5.41) is 12.2. The maximum absolute atomic E-state index is 14.4. The summed E-state index contributed by atoms with van der Waals surface area (Å²) in [4.78, 5) is 11.8. The van der Waals surface area contributed by atoms with Crippen LogP contribution >= 0.6 is 27.5 Å². The van der Waals surface area contributed by atoms with Crippen molar-refractivity contribution in [2.24, 2.45) is 0 Å². The molecule has 2 aromatic carbocycles. The van der Waals surface area contributed by atoms with E-state index in [4.69, 9.17) is 11.6 Å². The van der Waals surface area contributed by atoms with E-state index >= 15 is 0 Å². The molecule has 3 N–H and O–H groups in total. The minimum absolute atomic E-state index is 0.115. The Morgan fingerprint density at radius 1 is 1.13 bits per heavy atom. The van der Waals surface area contributed by atoms with Crippen LogP contribution in [0.2, 0.25) is 5.02 Å². The molecule has 2 aromatic rings. The number of anilines is 1. The van der Waals surface area contributed by atoms with Crippen LogP contribution in [0.3, 0.4) is 0 Å². The number of rotatable bonds is 5. The van der Waals surface area contributed by atoms with E-state index in [2.05, 4.69) is 26.0 Å². The number of carbonyl (C=O) groups is 1. The number of halogens is 4. The topological polar surface area (TPSA) is 95.5 Å². The Morgan fingerprint density at radius 2 is 1.83 bits per heavy atom. The number of amides is 1. The van der Waals surface area contributed by atoms with E-state index in [1.807, 2.05) is 0 Å². The predicted molar refractivity (Wildman–Crippen MR) is 112 cm³/mol. The first-order chi connectivity index (χ1) is 14.1. The summed E-state index contributed by atoms with van der Waals surface area (Å²) in [6.45, 7) is 0. The van der Waals surface area contributed by atoms with Gasteiger partial charge < -0.3 is 10.4 Å². The summed E-state index contributed by atoms with van der Waals surface area (Å²) in [5.74, 6) is -2.45. The van der Waals surface area contributed by atoms with Crippen LogP contribution < -0.4 is 10.0 Å². The van der Waals surface area contributed by atoms with Crippen molar-refractivity contribution in [3.8, 4) is 0 Å². The van der Waals surface area contributed by atoms with Crippen LogP contribution in [0.15, 0.2) is 39.7 Å². The number of nitrogens with one attached hydrogen (secondary N) is 2. The molecule has 3 rings (SSSR count). The van der Waals surface area contributed by atoms with Crippen LogP contribution in [0.4, 0.5) is 14.5 Å². The molecule has 0 aliphatic heterocycles. The molecule has 0 radical (unpaired) electrons. The molecule has 1 saturated carbocycles. The molecule has 11 heteroatoms. The quantitative estimate of drug-likeness (QED) is 0.547. The first-order valence-corrected chi connectivity index (χ1v) is 11.7. The minimum atomic E-state index is -4.36. The van der Waals surface area contributed by atoms with Crippen molar-refractivity contribution in [3.05, 3.63) is 57.0 Å². The highest BCUT2D eigenvalue weighted by Gasteiger charge is 2.30. The zero-order chi connectivity index (χ0) is 22.1. The SMILES string of the molecule is O=C(Nc1ccc(F)c(Br)c1)c1cc(S(=O)(=O)NC2CCCCC2O)c(F)cc1Cl. The molecule has 6 nitrogen and oxygen atoms in total. The van der Waals surface area contributed by atoms with Crippen molar-refractivity contribution in [2.45, 2.75) is 42.7 Å². The molecule has 2 atom stereocenters. The maximum Gasteiger partial charge on any atom is 0.257 e. The van der Waals surface area contributed by atoms with E-state index in [-0.39, 0.29) is 20.7 Å². The van der Waals surface area contributed by atoms with Crippen molar-refractivity contribution in [2.75, 3.05) is 5.32 Å². The third kappa shape index (κ3) is 5.17. The first-order valence-electron chi connectivity index (χ1n) is 9.04. The molecule has 1 aliphatic rings. The van der Waals surface area contributed by atoms with Gasteiger partial charge in [-0.1, -0.05) is 24.4 Å². The van der Waals surface area contributed by atoms with Crippen LogP contribution in [0.25, 0.3) is 0 Å². The average molecular weight is 524 g/mol. The van der Waals surface area contributed by atoms with Gasteiger partial charge in [0.05, 0.1) is 21.2 Å². The fourth-order valence-electron chi connectivity index (χ4n) is 3.19. The summed E-state index contributed by atoms with van der Waals surface area (Å²) in [7, 11) is -4.36. The first kappa shape index (κ1) is 23.1. The van der Waals surface area contributed by atoms with E-state index < -0.39 is 44.6 Å². The molecular weight excluding hydrogens is 506 g/mol. The number of hydrogen-bond acceptors (Lipinski definition) is 4. The number of carbonyl (C=O) groups excluding carboxylic acids is 1. The molecular formula is C19H18BrClF2N2O4S. The van der Waals surface area contributed by atoms with Gasteiger partial charge in [-0.2, -0.15) is 0 Å². The lowest BCUT2D eigenvalue weighted by molar-refractivity contribution is 0.101. The zero-order valence-corrected chi connectivity index (χ0v) is 18.6.